The van der Waals surface area contributed by atoms with E-state index < -0.39 is 12.0 Å². The molecule has 7 nitrogen and oxygen atoms in total. The Bertz CT molecular complexity index is 978. The van der Waals surface area contributed by atoms with E-state index in [1.165, 1.54) is 135 Å². The Hall–Kier alpha value is -2.41. The first kappa shape index (κ1) is 53.6. The second-order valence-corrected chi connectivity index (χ2v) is 16.1. The van der Waals surface area contributed by atoms with Crippen LogP contribution >= 0.6 is 0 Å². The number of carboxylic acid groups (broad SMARTS) is 1. The number of ether oxygens (including phenoxy) is 1. The number of esters is 1. The Morgan fingerprint density at radius 2 is 0.964 bits per heavy atom. The zero-order chi connectivity index (χ0) is 41.0. The van der Waals surface area contributed by atoms with Gasteiger partial charge in [0.1, 0.15) is 12.1 Å². The summed E-state index contributed by atoms with van der Waals surface area (Å²) in [5.41, 5.74) is 5.48. The maximum absolute atomic E-state index is 12.7. The third-order valence-corrected chi connectivity index (χ3v) is 10.7. The summed E-state index contributed by atoms with van der Waals surface area (Å²) in [6.45, 7) is 4.82. The van der Waals surface area contributed by atoms with E-state index >= 15 is 0 Å². The fourth-order valence-electron chi connectivity index (χ4n) is 7.15. The molecule has 0 aromatic carbocycles. The SMILES string of the molecule is CC/C=C\C/C=C\C/C=C\C(CCCCCCC(=O)NC(CCCN)C(=O)O)OC(=O)CCCCCCCCCCCCCCCCCCCCCCCCC. The van der Waals surface area contributed by atoms with Crippen LogP contribution in [-0.2, 0) is 19.1 Å². The highest BCUT2D eigenvalue weighted by atomic mass is 16.5. The molecule has 2 unspecified atom stereocenters. The molecule has 0 spiro atoms. The van der Waals surface area contributed by atoms with Crippen molar-refractivity contribution in [1.82, 2.24) is 5.32 Å². The summed E-state index contributed by atoms with van der Waals surface area (Å²) < 4.78 is 5.91. The minimum atomic E-state index is -1.02. The maximum Gasteiger partial charge on any atom is 0.326 e. The molecule has 56 heavy (non-hydrogen) atoms. The number of carbonyl (C=O) groups excluding carboxylic acids is 2. The van der Waals surface area contributed by atoms with Crippen molar-refractivity contribution in [2.45, 2.75) is 251 Å². The quantitative estimate of drug-likeness (QED) is 0.0322. The standard InChI is InChI=1S/C49H90N2O5/c1-3-5-7-9-11-13-14-15-16-17-18-19-20-21-22-23-24-25-26-27-29-31-37-43-48(53)56-45(39-34-30-28-12-10-8-6-4-2)40-35-32-33-36-42-47(52)51-46(49(54)55)41-38-44-50/h6,8,12,28,34,39,45-46H,3-5,7,9-11,13-27,29-33,35-38,40-44,50H2,1-2H3,(H,51,52)(H,54,55)/b8-6-,28-12-,39-34-. The lowest BCUT2D eigenvalue weighted by molar-refractivity contribution is -0.147. The first-order valence-corrected chi connectivity index (χ1v) is 23.8. The van der Waals surface area contributed by atoms with E-state index in [1.54, 1.807) is 0 Å². The van der Waals surface area contributed by atoms with Crippen LogP contribution < -0.4 is 11.1 Å². The van der Waals surface area contributed by atoms with Gasteiger partial charge in [-0.05, 0) is 70.4 Å². The van der Waals surface area contributed by atoms with Crippen molar-refractivity contribution in [1.29, 1.82) is 0 Å². The second kappa shape index (κ2) is 43.7. The van der Waals surface area contributed by atoms with E-state index in [-0.39, 0.29) is 18.0 Å². The molecule has 0 aromatic rings. The molecule has 7 heteroatoms. The summed E-state index contributed by atoms with van der Waals surface area (Å²) in [5.74, 6) is -1.36. The largest absolute Gasteiger partial charge is 0.480 e. The Morgan fingerprint density at radius 1 is 0.536 bits per heavy atom. The van der Waals surface area contributed by atoms with Gasteiger partial charge in [-0.3, -0.25) is 9.59 Å². The van der Waals surface area contributed by atoms with E-state index in [2.05, 4.69) is 49.5 Å². The van der Waals surface area contributed by atoms with Crippen LogP contribution in [-0.4, -0.2) is 41.6 Å². The third-order valence-electron chi connectivity index (χ3n) is 10.7. The van der Waals surface area contributed by atoms with Gasteiger partial charge in [0, 0.05) is 12.8 Å². The van der Waals surface area contributed by atoms with Gasteiger partial charge in [0.2, 0.25) is 5.91 Å². The molecule has 0 fully saturated rings. The van der Waals surface area contributed by atoms with Crippen molar-refractivity contribution in [3.8, 4) is 0 Å². The average molecular weight is 787 g/mol. The number of nitrogens with one attached hydrogen (secondary N) is 1. The van der Waals surface area contributed by atoms with Crippen molar-refractivity contribution < 1.29 is 24.2 Å². The Balaban J connectivity index is 4.07. The van der Waals surface area contributed by atoms with E-state index in [0.29, 0.717) is 38.6 Å². The molecule has 0 bridgehead atoms. The summed E-state index contributed by atoms with van der Waals surface area (Å²) in [6, 6.07) is -0.876. The van der Waals surface area contributed by atoms with Gasteiger partial charge in [0.15, 0.2) is 0 Å². The fraction of sp³-hybridized carbons (Fsp3) is 0.816. The number of amides is 1. The third kappa shape index (κ3) is 39.8. The van der Waals surface area contributed by atoms with Crippen LogP contribution in [0.1, 0.15) is 239 Å². The minimum absolute atomic E-state index is 0.109. The fourth-order valence-corrected chi connectivity index (χ4v) is 7.15. The molecule has 0 aromatic heterocycles. The summed E-state index contributed by atoms with van der Waals surface area (Å²) >= 11 is 0. The Kier molecular flexibility index (Phi) is 41.8. The molecule has 0 aliphatic rings. The molecule has 2 atom stereocenters. The highest BCUT2D eigenvalue weighted by Gasteiger charge is 2.19. The number of hydrogen-bond donors (Lipinski definition) is 3. The monoisotopic (exact) mass is 787 g/mol. The van der Waals surface area contributed by atoms with E-state index in [0.717, 1.165) is 57.8 Å². The molecule has 0 radical (unpaired) electrons. The molecule has 0 rings (SSSR count). The Labute approximate surface area is 345 Å². The molecule has 4 N–H and O–H groups in total. The van der Waals surface area contributed by atoms with Gasteiger partial charge in [-0.25, -0.2) is 4.79 Å². The summed E-state index contributed by atoms with van der Waals surface area (Å²) in [5, 5.41) is 11.9. The minimum Gasteiger partial charge on any atom is -0.480 e. The maximum atomic E-state index is 12.7. The molecule has 0 aliphatic carbocycles. The highest BCUT2D eigenvalue weighted by molar-refractivity contribution is 5.83. The molecule has 1 amide bonds. The van der Waals surface area contributed by atoms with Crippen LogP contribution in [0, 0.1) is 0 Å². The van der Waals surface area contributed by atoms with Crippen molar-refractivity contribution in [2.24, 2.45) is 5.73 Å². The lowest BCUT2D eigenvalue weighted by Gasteiger charge is -2.15. The van der Waals surface area contributed by atoms with Crippen LogP contribution in [0.25, 0.3) is 0 Å². The smallest absolute Gasteiger partial charge is 0.326 e. The predicted octanol–water partition coefficient (Wildman–Crippen LogP) is 13.8. The van der Waals surface area contributed by atoms with Crippen LogP contribution in [0.2, 0.25) is 0 Å². The molecule has 0 saturated carbocycles. The molecule has 326 valence electrons. The number of allylic oxidation sites excluding steroid dienone is 5. The highest BCUT2D eigenvalue weighted by Crippen LogP contribution is 2.17. The first-order chi connectivity index (χ1) is 27.4. The number of hydrogen-bond acceptors (Lipinski definition) is 5. The zero-order valence-electron chi connectivity index (χ0n) is 36.7. The molecule has 0 heterocycles. The van der Waals surface area contributed by atoms with Crippen molar-refractivity contribution in [3.63, 3.8) is 0 Å². The lowest BCUT2D eigenvalue weighted by Crippen LogP contribution is -2.40. The number of aliphatic carboxylic acids is 1. The van der Waals surface area contributed by atoms with Gasteiger partial charge >= 0.3 is 11.9 Å². The van der Waals surface area contributed by atoms with Crippen LogP contribution in [0.4, 0.5) is 0 Å². The topological polar surface area (TPSA) is 119 Å². The van der Waals surface area contributed by atoms with Gasteiger partial charge < -0.3 is 20.9 Å². The first-order valence-electron chi connectivity index (χ1n) is 23.8. The van der Waals surface area contributed by atoms with Crippen molar-refractivity contribution >= 4 is 17.8 Å². The second-order valence-electron chi connectivity index (χ2n) is 16.1. The van der Waals surface area contributed by atoms with Gasteiger partial charge in [0.25, 0.3) is 0 Å². The summed E-state index contributed by atoms with van der Waals surface area (Å²) in [7, 11) is 0. The normalized spacial score (nSPS) is 12.9. The number of carboxylic acids is 1. The predicted molar refractivity (Wildman–Crippen MR) is 239 cm³/mol. The number of carbonyl (C=O) groups is 3. The molecule has 0 aliphatic heterocycles. The molecular weight excluding hydrogens is 697 g/mol. The molecule has 0 saturated heterocycles. The number of nitrogens with two attached hydrogens (primary N) is 1. The number of unbranched alkanes of at least 4 members (excludes halogenated alkanes) is 25. The average Bonchev–Trinajstić information content (AvgIpc) is 3.18. The Morgan fingerprint density at radius 3 is 1.43 bits per heavy atom. The van der Waals surface area contributed by atoms with Gasteiger partial charge in [-0.1, -0.05) is 198 Å². The van der Waals surface area contributed by atoms with Crippen LogP contribution in [0.15, 0.2) is 36.5 Å². The van der Waals surface area contributed by atoms with E-state index in [9.17, 15) is 19.5 Å². The van der Waals surface area contributed by atoms with E-state index in [1.807, 2.05) is 6.08 Å². The summed E-state index contributed by atoms with van der Waals surface area (Å²) in [4.78, 5) is 36.4. The van der Waals surface area contributed by atoms with Crippen LogP contribution in [0.5, 0.6) is 0 Å². The van der Waals surface area contributed by atoms with E-state index in [4.69, 9.17) is 10.5 Å². The van der Waals surface area contributed by atoms with Crippen molar-refractivity contribution in [2.75, 3.05) is 6.54 Å². The van der Waals surface area contributed by atoms with Gasteiger partial charge in [-0.2, -0.15) is 0 Å². The van der Waals surface area contributed by atoms with Crippen molar-refractivity contribution in [3.05, 3.63) is 36.5 Å². The van der Waals surface area contributed by atoms with Crippen LogP contribution in [0.3, 0.4) is 0 Å². The summed E-state index contributed by atoms with van der Waals surface area (Å²) in [6.07, 6.45) is 52.4. The number of rotatable bonds is 43. The lowest BCUT2D eigenvalue weighted by atomic mass is 10.0. The molecular formula is C49H90N2O5. The zero-order valence-corrected chi connectivity index (χ0v) is 36.7. The van der Waals surface area contributed by atoms with Gasteiger partial charge in [0.05, 0.1) is 0 Å². The van der Waals surface area contributed by atoms with Gasteiger partial charge in [-0.15, -0.1) is 0 Å².